The second-order valence-electron chi connectivity index (χ2n) is 3.58. The Morgan fingerprint density at radius 3 is 2.93 bits per heavy atom. The summed E-state index contributed by atoms with van der Waals surface area (Å²) in [6.07, 6.45) is 4.84. The molecule has 2 rings (SSSR count). The third kappa shape index (κ3) is 2.55. The zero-order valence-electron chi connectivity index (χ0n) is 8.01. The fourth-order valence-corrected chi connectivity index (χ4v) is 1.24. The van der Waals surface area contributed by atoms with Gasteiger partial charge in [-0.25, -0.2) is 0 Å². The van der Waals surface area contributed by atoms with E-state index in [1.165, 1.54) is 17.1 Å². The largest absolute Gasteiger partial charge is 0.480 e. The van der Waals surface area contributed by atoms with Crippen LogP contribution in [0.2, 0.25) is 0 Å². The minimum absolute atomic E-state index is 0.00937. The fraction of sp³-hybridized carbons (Fsp3) is 0.444. The summed E-state index contributed by atoms with van der Waals surface area (Å²) in [5.74, 6) is -0.837. The first-order valence-corrected chi connectivity index (χ1v) is 4.70. The van der Waals surface area contributed by atoms with E-state index in [2.05, 4.69) is 10.4 Å². The summed E-state index contributed by atoms with van der Waals surface area (Å²) >= 11 is 0. The van der Waals surface area contributed by atoms with E-state index in [-0.39, 0.29) is 18.4 Å². The number of carboxylic acid groups (broad SMARTS) is 1. The molecule has 2 N–H and O–H groups in total. The van der Waals surface area contributed by atoms with Crippen molar-refractivity contribution in [2.24, 2.45) is 5.92 Å². The predicted molar refractivity (Wildman–Crippen MR) is 51.2 cm³/mol. The maximum atomic E-state index is 11.3. The lowest BCUT2D eigenvalue weighted by molar-refractivity contribution is -0.137. The lowest BCUT2D eigenvalue weighted by Crippen LogP contribution is -2.13. The van der Waals surface area contributed by atoms with Gasteiger partial charge in [0.15, 0.2) is 0 Å². The molecule has 0 saturated heterocycles. The summed E-state index contributed by atoms with van der Waals surface area (Å²) < 4.78 is 1.27. The van der Waals surface area contributed by atoms with Crippen molar-refractivity contribution in [1.29, 1.82) is 0 Å². The number of aromatic nitrogens is 2. The van der Waals surface area contributed by atoms with Crippen LogP contribution < -0.4 is 5.32 Å². The van der Waals surface area contributed by atoms with Gasteiger partial charge in [-0.3, -0.25) is 14.3 Å². The Morgan fingerprint density at radius 1 is 1.60 bits per heavy atom. The maximum absolute atomic E-state index is 11.3. The second kappa shape index (κ2) is 3.72. The highest BCUT2D eigenvalue weighted by Gasteiger charge is 2.29. The molecule has 1 aromatic rings. The van der Waals surface area contributed by atoms with Gasteiger partial charge in [-0.2, -0.15) is 5.10 Å². The van der Waals surface area contributed by atoms with E-state index < -0.39 is 5.97 Å². The van der Waals surface area contributed by atoms with Gasteiger partial charge in [-0.15, -0.1) is 0 Å². The van der Waals surface area contributed by atoms with Crippen LogP contribution in [0.15, 0.2) is 12.4 Å². The molecule has 0 aromatic carbocycles. The molecule has 6 nitrogen and oxygen atoms in total. The average Bonchev–Trinajstić information content (AvgIpc) is 2.90. The molecule has 0 spiro atoms. The van der Waals surface area contributed by atoms with Gasteiger partial charge in [0.05, 0.1) is 11.9 Å². The third-order valence-corrected chi connectivity index (χ3v) is 2.15. The highest BCUT2D eigenvalue weighted by molar-refractivity contribution is 5.93. The third-order valence-electron chi connectivity index (χ3n) is 2.15. The summed E-state index contributed by atoms with van der Waals surface area (Å²) in [7, 11) is 0. The van der Waals surface area contributed by atoms with E-state index in [0.717, 1.165) is 12.8 Å². The van der Waals surface area contributed by atoms with Gasteiger partial charge in [0.2, 0.25) is 5.91 Å². The van der Waals surface area contributed by atoms with E-state index in [1.54, 1.807) is 0 Å². The average molecular weight is 209 g/mol. The van der Waals surface area contributed by atoms with Crippen LogP contribution in [-0.4, -0.2) is 26.8 Å². The highest BCUT2D eigenvalue weighted by atomic mass is 16.4. The van der Waals surface area contributed by atoms with Crippen LogP contribution >= 0.6 is 0 Å². The Morgan fingerprint density at radius 2 is 2.33 bits per heavy atom. The van der Waals surface area contributed by atoms with Crippen molar-refractivity contribution in [3.05, 3.63) is 12.4 Å². The van der Waals surface area contributed by atoms with Crippen LogP contribution in [-0.2, 0) is 16.1 Å². The number of anilines is 1. The molecule has 0 unspecified atom stereocenters. The zero-order chi connectivity index (χ0) is 10.8. The molecule has 1 aliphatic rings. The van der Waals surface area contributed by atoms with Crippen molar-refractivity contribution >= 4 is 17.6 Å². The van der Waals surface area contributed by atoms with Crippen LogP contribution in [0.4, 0.5) is 5.69 Å². The first-order valence-electron chi connectivity index (χ1n) is 4.70. The number of carboxylic acids is 1. The summed E-state index contributed by atoms with van der Waals surface area (Å²) in [6, 6.07) is 0. The van der Waals surface area contributed by atoms with Gasteiger partial charge >= 0.3 is 5.97 Å². The minimum Gasteiger partial charge on any atom is -0.480 e. The molecule has 0 atom stereocenters. The maximum Gasteiger partial charge on any atom is 0.325 e. The smallest absolute Gasteiger partial charge is 0.325 e. The number of rotatable bonds is 4. The summed E-state index contributed by atoms with van der Waals surface area (Å²) in [5.41, 5.74) is 0.549. The Labute approximate surface area is 85.9 Å². The Bertz CT molecular complexity index is 395. The highest BCUT2D eigenvalue weighted by Crippen LogP contribution is 2.29. The number of aliphatic carboxylic acids is 1. The standard InChI is InChI=1S/C9H11N3O3/c13-8(14)5-12-4-7(3-10-12)11-9(15)6-1-2-6/h3-4,6H,1-2,5H2,(H,11,15)(H,13,14). The van der Waals surface area contributed by atoms with Crippen molar-refractivity contribution in [2.75, 3.05) is 5.32 Å². The van der Waals surface area contributed by atoms with Gasteiger partial charge in [0.25, 0.3) is 0 Å². The second-order valence-corrected chi connectivity index (χ2v) is 3.58. The number of carbonyl (C=O) groups excluding carboxylic acids is 1. The molecule has 1 heterocycles. The van der Waals surface area contributed by atoms with Gasteiger partial charge in [-0.1, -0.05) is 0 Å². The van der Waals surface area contributed by atoms with Crippen LogP contribution in [0.5, 0.6) is 0 Å². The lowest BCUT2D eigenvalue weighted by Gasteiger charge is -1.98. The first kappa shape index (κ1) is 9.70. The lowest BCUT2D eigenvalue weighted by atomic mass is 10.4. The summed E-state index contributed by atoms with van der Waals surface area (Å²) in [5, 5.41) is 15.0. The van der Waals surface area contributed by atoms with Crippen LogP contribution in [0.3, 0.4) is 0 Å². The number of hydrogen-bond acceptors (Lipinski definition) is 3. The molecule has 1 fully saturated rings. The monoisotopic (exact) mass is 209 g/mol. The molecule has 6 heteroatoms. The molecular weight excluding hydrogens is 198 g/mol. The van der Waals surface area contributed by atoms with Crippen molar-refractivity contribution in [1.82, 2.24) is 9.78 Å². The Kier molecular flexibility index (Phi) is 2.40. The molecule has 0 radical (unpaired) electrons. The molecule has 1 amide bonds. The minimum atomic E-state index is -0.960. The van der Waals surface area contributed by atoms with Crippen molar-refractivity contribution in [3.8, 4) is 0 Å². The van der Waals surface area contributed by atoms with E-state index >= 15 is 0 Å². The van der Waals surface area contributed by atoms with Gasteiger partial charge in [0.1, 0.15) is 6.54 Å². The summed E-state index contributed by atoms with van der Waals surface area (Å²) in [4.78, 5) is 21.7. The molecule has 80 valence electrons. The Balaban J connectivity index is 1.94. The van der Waals surface area contributed by atoms with Crippen LogP contribution in [0.25, 0.3) is 0 Å². The molecule has 1 saturated carbocycles. The van der Waals surface area contributed by atoms with Gasteiger partial charge in [-0.05, 0) is 12.8 Å². The van der Waals surface area contributed by atoms with Crippen molar-refractivity contribution in [2.45, 2.75) is 19.4 Å². The van der Waals surface area contributed by atoms with E-state index in [9.17, 15) is 9.59 Å². The SMILES string of the molecule is O=C(O)Cn1cc(NC(=O)C2CC2)cn1. The molecule has 1 aliphatic carbocycles. The normalized spacial score (nSPS) is 14.9. The molecule has 15 heavy (non-hydrogen) atoms. The number of hydrogen-bond donors (Lipinski definition) is 2. The zero-order valence-corrected chi connectivity index (χ0v) is 8.01. The number of nitrogens with zero attached hydrogens (tertiary/aromatic N) is 2. The van der Waals surface area contributed by atoms with E-state index in [1.807, 2.05) is 0 Å². The van der Waals surface area contributed by atoms with Crippen molar-refractivity contribution < 1.29 is 14.7 Å². The number of nitrogens with one attached hydrogen (secondary N) is 1. The van der Waals surface area contributed by atoms with E-state index in [4.69, 9.17) is 5.11 Å². The van der Waals surface area contributed by atoms with Crippen LogP contribution in [0.1, 0.15) is 12.8 Å². The van der Waals surface area contributed by atoms with E-state index in [0.29, 0.717) is 5.69 Å². The number of carbonyl (C=O) groups is 2. The van der Waals surface area contributed by atoms with Gasteiger partial charge < -0.3 is 10.4 Å². The fourth-order valence-electron chi connectivity index (χ4n) is 1.24. The Hall–Kier alpha value is -1.85. The van der Waals surface area contributed by atoms with Crippen LogP contribution in [0, 0.1) is 5.92 Å². The van der Waals surface area contributed by atoms with Gasteiger partial charge in [0, 0.05) is 12.1 Å². The first-order chi connectivity index (χ1) is 7.15. The summed E-state index contributed by atoms with van der Waals surface area (Å²) in [6.45, 7) is -0.195. The number of amides is 1. The topological polar surface area (TPSA) is 84.2 Å². The van der Waals surface area contributed by atoms with Crippen molar-refractivity contribution in [3.63, 3.8) is 0 Å². The quantitative estimate of drug-likeness (QED) is 0.747. The molecule has 0 bridgehead atoms. The molecular formula is C9H11N3O3. The molecule has 1 aromatic heterocycles. The predicted octanol–water partition coefficient (Wildman–Crippen LogP) is 0.316. The molecule has 0 aliphatic heterocycles.